The molecular formula is C15H16ClN3O3. The van der Waals surface area contributed by atoms with E-state index in [-0.39, 0.29) is 11.1 Å². The van der Waals surface area contributed by atoms with Crippen molar-refractivity contribution in [1.29, 1.82) is 0 Å². The van der Waals surface area contributed by atoms with Crippen LogP contribution in [0.25, 0.3) is 5.69 Å². The van der Waals surface area contributed by atoms with Crippen molar-refractivity contribution in [3.8, 4) is 5.69 Å². The van der Waals surface area contributed by atoms with Crippen LogP contribution in [-0.2, 0) is 9.47 Å². The summed E-state index contributed by atoms with van der Waals surface area (Å²) in [6.45, 7) is 5.28. The Labute approximate surface area is 133 Å². The third-order valence-electron chi connectivity index (χ3n) is 3.62. The Balaban J connectivity index is 1.78. The van der Waals surface area contributed by atoms with E-state index in [1.165, 1.54) is 4.68 Å². The molecule has 0 radical (unpaired) electrons. The van der Waals surface area contributed by atoms with E-state index < -0.39 is 5.97 Å². The molecule has 0 amide bonds. The van der Waals surface area contributed by atoms with Crippen molar-refractivity contribution in [2.45, 2.75) is 13.8 Å². The molecule has 0 atom stereocenters. The summed E-state index contributed by atoms with van der Waals surface area (Å²) in [4.78, 5) is 12.2. The molecule has 22 heavy (non-hydrogen) atoms. The first-order valence-electron chi connectivity index (χ1n) is 6.92. The van der Waals surface area contributed by atoms with Crippen LogP contribution >= 0.6 is 11.6 Å². The van der Waals surface area contributed by atoms with Gasteiger partial charge >= 0.3 is 5.97 Å². The molecule has 2 aromatic rings. The van der Waals surface area contributed by atoms with Crippen LogP contribution in [-0.4, -0.2) is 40.8 Å². The number of ether oxygens (including phenoxy) is 2. The van der Waals surface area contributed by atoms with E-state index in [9.17, 15) is 4.79 Å². The van der Waals surface area contributed by atoms with Crippen molar-refractivity contribution in [2.24, 2.45) is 5.41 Å². The molecule has 0 unspecified atom stereocenters. The van der Waals surface area contributed by atoms with Gasteiger partial charge < -0.3 is 9.47 Å². The van der Waals surface area contributed by atoms with Gasteiger partial charge in [0.25, 0.3) is 0 Å². The molecule has 2 heterocycles. The average Bonchev–Trinajstić information content (AvgIpc) is 2.85. The molecule has 116 valence electrons. The lowest BCUT2D eigenvalue weighted by Gasteiger charge is -2.37. The van der Waals surface area contributed by atoms with E-state index >= 15 is 0 Å². The minimum atomic E-state index is -0.482. The highest BCUT2D eigenvalue weighted by molar-refractivity contribution is 6.32. The summed E-state index contributed by atoms with van der Waals surface area (Å²) in [5.41, 5.74) is 1.37. The van der Waals surface area contributed by atoms with Gasteiger partial charge in [0.2, 0.25) is 0 Å². The van der Waals surface area contributed by atoms with Crippen molar-refractivity contribution in [1.82, 2.24) is 15.0 Å². The smallest absolute Gasteiger partial charge is 0.360 e. The Kier molecular flexibility index (Phi) is 3.88. The van der Waals surface area contributed by atoms with Crippen molar-refractivity contribution in [3.63, 3.8) is 0 Å². The van der Waals surface area contributed by atoms with Gasteiger partial charge in [-0.15, -0.1) is 5.10 Å². The molecule has 0 aliphatic carbocycles. The van der Waals surface area contributed by atoms with E-state index in [0.29, 0.717) is 36.2 Å². The third kappa shape index (κ3) is 2.71. The van der Waals surface area contributed by atoms with Crippen molar-refractivity contribution < 1.29 is 14.3 Å². The summed E-state index contributed by atoms with van der Waals surface area (Å²) in [6.07, 6.45) is 0. The Bertz CT molecular complexity index is 710. The van der Waals surface area contributed by atoms with Crippen LogP contribution in [0.4, 0.5) is 0 Å². The van der Waals surface area contributed by atoms with Gasteiger partial charge in [0.15, 0.2) is 5.69 Å². The third-order valence-corrected chi connectivity index (χ3v) is 3.94. The van der Waals surface area contributed by atoms with E-state index in [2.05, 4.69) is 10.3 Å². The summed E-state index contributed by atoms with van der Waals surface area (Å²) < 4.78 is 12.0. The number of esters is 1. The summed E-state index contributed by atoms with van der Waals surface area (Å²) >= 11 is 6.15. The van der Waals surface area contributed by atoms with Gasteiger partial charge in [-0.3, -0.25) is 0 Å². The van der Waals surface area contributed by atoms with Gasteiger partial charge in [0, 0.05) is 5.41 Å². The molecule has 0 bridgehead atoms. The maximum absolute atomic E-state index is 12.2. The lowest BCUT2D eigenvalue weighted by molar-refractivity contribution is -0.127. The zero-order valence-electron chi connectivity index (χ0n) is 12.4. The lowest BCUT2D eigenvalue weighted by atomic mass is 9.90. The molecule has 6 nitrogen and oxygen atoms in total. The van der Waals surface area contributed by atoms with Gasteiger partial charge in [-0.2, -0.15) is 0 Å². The normalized spacial score (nSPS) is 16.1. The van der Waals surface area contributed by atoms with Crippen LogP contribution in [0.1, 0.15) is 23.1 Å². The highest BCUT2D eigenvalue weighted by atomic mass is 35.5. The van der Waals surface area contributed by atoms with Crippen molar-refractivity contribution in [3.05, 3.63) is 40.7 Å². The van der Waals surface area contributed by atoms with Gasteiger partial charge in [0.1, 0.15) is 6.61 Å². The van der Waals surface area contributed by atoms with Crippen LogP contribution in [0.2, 0.25) is 5.02 Å². The molecule has 1 aromatic carbocycles. The highest BCUT2D eigenvalue weighted by Crippen LogP contribution is 2.27. The van der Waals surface area contributed by atoms with Gasteiger partial charge in [-0.1, -0.05) is 35.9 Å². The molecule has 0 N–H and O–H groups in total. The van der Waals surface area contributed by atoms with Crippen LogP contribution in [0, 0.1) is 12.3 Å². The van der Waals surface area contributed by atoms with E-state index in [1.54, 1.807) is 13.0 Å². The van der Waals surface area contributed by atoms with Crippen molar-refractivity contribution in [2.75, 3.05) is 19.8 Å². The maximum atomic E-state index is 12.2. The Morgan fingerprint density at radius 2 is 2.18 bits per heavy atom. The Hall–Kier alpha value is -1.92. The predicted octanol–water partition coefficient (Wildman–Crippen LogP) is 2.42. The molecule has 1 aromatic heterocycles. The van der Waals surface area contributed by atoms with Crippen LogP contribution in [0.15, 0.2) is 24.3 Å². The zero-order chi connectivity index (χ0) is 15.7. The highest BCUT2D eigenvalue weighted by Gasteiger charge is 2.35. The average molecular weight is 322 g/mol. The number of para-hydroxylation sites is 1. The molecule has 1 saturated heterocycles. The Morgan fingerprint density at radius 1 is 1.45 bits per heavy atom. The fraction of sp³-hybridized carbons (Fsp3) is 0.400. The summed E-state index contributed by atoms with van der Waals surface area (Å²) in [6, 6.07) is 7.24. The summed E-state index contributed by atoms with van der Waals surface area (Å²) in [5.74, 6) is -0.482. The molecular weight excluding hydrogens is 306 g/mol. The monoisotopic (exact) mass is 321 g/mol. The number of carbonyl (C=O) groups is 1. The van der Waals surface area contributed by atoms with Crippen LogP contribution in [0.3, 0.4) is 0 Å². The fourth-order valence-corrected chi connectivity index (χ4v) is 2.43. The second-order valence-electron chi connectivity index (χ2n) is 5.77. The molecule has 0 spiro atoms. The van der Waals surface area contributed by atoms with E-state index in [4.69, 9.17) is 21.1 Å². The van der Waals surface area contributed by atoms with Crippen LogP contribution < -0.4 is 0 Å². The van der Waals surface area contributed by atoms with E-state index in [1.807, 2.05) is 25.1 Å². The van der Waals surface area contributed by atoms with E-state index in [0.717, 1.165) is 0 Å². The van der Waals surface area contributed by atoms with Crippen LogP contribution in [0.5, 0.6) is 0 Å². The number of aromatic nitrogens is 3. The first-order valence-corrected chi connectivity index (χ1v) is 7.30. The number of carbonyl (C=O) groups excluding carboxylic acids is 1. The maximum Gasteiger partial charge on any atom is 0.360 e. The van der Waals surface area contributed by atoms with Crippen molar-refractivity contribution >= 4 is 17.6 Å². The number of halogens is 1. The quantitative estimate of drug-likeness (QED) is 0.809. The largest absolute Gasteiger partial charge is 0.460 e. The zero-order valence-corrected chi connectivity index (χ0v) is 13.1. The topological polar surface area (TPSA) is 66.2 Å². The lowest BCUT2D eigenvalue weighted by Crippen LogP contribution is -2.44. The molecule has 1 aliphatic rings. The number of hydrogen-bond donors (Lipinski definition) is 0. The summed E-state index contributed by atoms with van der Waals surface area (Å²) in [7, 11) is 0. The molecule has 1 fully saturated rings. The number of benzene rings is 1. The second kappa shape index (κ2) is 5.70. The minimum Gasteiger partial charge on any atom is -0.460 e. The number of hydrogen-bond acceptors (Lipinski definition) is 5. The molecule has 0 saturated carbocycles. The molecule has 3 rings (SSSR count). The first kappa shape index (κ1) is 15.0. The molecule has 7 heteroatoms. The number of nitrogens with zero attached hydrogens (tertiary/aromatic N) is 3. The first-order chi connectivity index (χ1) is 10.5. The van der Waals surface area contributed by atoms with Gasteiger partial charge in [-0.05, 0) is 19.1 Å². The van der Waals surface area contributed by atoms with Gasteiger partial charge in [0.05, 0.1) is 29.6 Å². The minimum absolute atomic E-state index is 0.0949. The van der Waals surface area contributed by atoms with Gasteiger partial charge in [-0.25, -0.2) is 9.48 Å². The standard InChI is InChI=1S/C15H16ClN3O3/c1-10-13(14(20)22-9-15(2)7-21-8-15)17-18-19(10)12-6-4-3-5-11(12)16/h3-6H,7-9H2,1-2H3. The SMILES string of the molecule is Cc1c(C(=O)OCC2(C)COC2)nnn1-c1ccccc1Cl. The molecule has 1 aliphatic heterocycles. The Morgan fingerprint density at radius 3 is 2.82 bits per heavy atom. The fourth-order valence-electron chi connectivity index (χ4n) is 2.21. The predicted molar refractivity (Wildman–Crippen MR) is 80.3 cm³/mol. The second-order valence-corrected chi connectivity index (χ2v) is 6.17. The summed E-state index contributed by atoms with van der Waals surface area (Å²) in [5, 5.41) is 8.47. The number of rotatable bonds is 4.